The normalized spacial score (nSPS) is 40.4. The molecule has 0 radical (unpaired) electrons. The Morgan fingerprint density at radius 3 is 2.41 bits per heavy atom. The fraction of sp³-hybridized carbons (Fsp3) is 1.00. The van der Waals surface area contributed by atoms with Gasteiger partial charge < -0.3 is 5.73 Å². The van der Waals surface area contributed by atoms with Gasteiger partial charge in [0.2, 0.25) is 0 Å². The van der Waals surface area contributed by atoms with Crippen LogP contribution in [-0.2, 0) is 0 Å². The van der Waals surface area contributed by atoms with Gasteiger partial charge in [0, 0.05) is 12.6 Å². The lowest BCUT2D eigenvalue weighted by Crippen LogP contribution is -2.50. The second-order valence-corrected chi connectivity index (χ2v) is 6.46. The van der Waals surface area contributed by atoms with Gasteiger partial charge in [0.1, 0.15) is 0 Å². The van der Waals surface area contributed by atoms with Crippen LogP contribution in [0.5, 0.6) is 0 Å². The first-order valence-corrected chi connectivity index (χ1v) is 7.66. The first-order chi connectivity index (χ1) is 8.22. The van der Waals surface area contributed by atoms with E-state index in [4.69, 9.17) is 5.73 Å². The molecule has 0 aromatic rings. The Balaban J connectivity index is 1.95. The Morgan fingerprint density at radius 2 is 1.76 bits per heavy atom. The van der Waals surface area contributed by atoms with E-state index >= 15 is 0 Å². The van der Waals surface area contributed by atoms with Crippen LogP contribution in [0.4, 0.5) is 0 Å². The zero-order valence-electron chi connectivity index (χ0n) is 11.7. The maximum atomic E-state index is 5.72. The smallest absolute Gasteiger partial charge is 0.0147 e. The van der Waals surface area contributed by atoms with E-state index in [1.807, 2.05) is 0 Å². The Morgan fingerprint density at radius 1 is 1.06 bits per heavy atom. The first kappa shape index (κ1) is 13.4. The average Bonchev–Trinajstić information content (AvgIpc) is 2.30. The molecule has 3 unspecified atom stereocenters. The van der Waals surface area contributed by atoms with Crippen molar-refractivity contribution in [3.63, 3.8) is 0 Å². The van der Waals surface area contributed by atoms with E-state index in [0.29, 0.717) is 0 Å². The zero-order chi connectivity index (χ0) is 12.3. The molecule has 2 aliphatic rings. The molecule has 1 heterocycles. The van der Waals surface area contributed by atoms with Crippen LogP contribution in [0.2, 0.25) is 0 Å². The Kier molecular flexibility index (Phi) is 4.87. The summed E-state index contributed by atoms with van der Waals surface area (Å²) in [6.45, 7) is 8.45. The van der Waals surface area contributed by atoms with Crippen LogP contribution >= 0.6 is 0 Å². The summed E-state index contributed by atoms with van der Waals surface area (Å²) in [5.41, 5.74) is 5.72. The Bertz CT molecular complexity index is 217. The zero-order valence-corrected chi connectivity index (χ0v) is 11.7. The third-order valence-corrected chi connectivity index (χ3v) is 5.03. The molecule has 2 nitrogen and oxygen atoms in total. The van der Waals surface area contributed by atoms with Crippen LogP contribution in [0, 0.1) is 17.8 Å². The molecule has 2 fully saturated rings. The van der Waals surface area contributed by atoms with Gasteiger partial charge in [-0.05, 0) is 62.9 Å². The van der Waals surface area contributed by atoms with Crippen molar-refractivity contribution < 1.29 is 0 Å². The molecule has 2 rings (SSSR count). The Hall–Kier alpha value is -0.0800. The highest BCUT2D eigenvalue weighted by Gasteiger charge is 2.34. The Labute approximate surface area is 107 Å². The molecule has 17 heavy (non-hydrogen) atoms. The summed E-state index contributed by atoms with van der Waals surface area (Å²) in [5, 5.41) is 0. The maximum Gasteiger partial charge on any atom is 0.0147 e. The molecule has 1 saturated heterocycles. The molecule has 1 aliphatic heterocycles. The van der Waals surface area contributed by atoms with Gasteiger partial charge >= 0.3 is 0 Å². The molecule has 3 atom stereocenters. The minimum Gasteiger partial charge on any atom is -0.330 e. The highest BCUT2D eigenvalue weighted by molar-refractivity contribution is 4.88. The number of likely N-dealkylation sites (tertiary alicyclic amines) is 1. The van der Waals surface area contributed by atoms with Gasteiger partial charge in [-0.3, -0.25) is 4.90 Å². The van der Waals surface area contributed by atoms with Crippen LogP contribution in [0.1, 0.15) is 52.4 Å². The summed E-state index contributed by atoms with van der Waals surface area (Å²) in [7, 11) is 0. The van der Waals surface area contributed by atoms with Gasteiger partial charge in [0.15, 0.2) is 0 Å². The lowest BCUT2D eigenvalue weighted by atomic mass is 9.76. The molecule has 1 saturated carbocycles. The molecule has 0 amide bonds. The van der Waals surface area contributed by atoms with Gasteiger partial charge in [-0.1, -0.05) is 20.3 Å². The number of hydrogen-bond donors (Lipinski definition) is 1. The predicted molar refractivity (Wildman–Crippen MR) is 73.9 cm³/mol. The fourth-order valence-corrected chi connectivity index (χ4v) is 4.22. The van der Waals surface area contributed by atoms with Gasteiger partial charge in [-0.15, -0.1) is 0 Å². The van der Waals surface area contributed by atoms with Gasteiger partial charge in [-0.25, -0.2) is 0 Å². The average molecular weight is 238 g/mol. The van der Waals surface area contributed by atoms with Crippen LogP contribution < -0.4 is 5.73 Å². The van der Waals surface area contributed by atoms with E-state index in [0.717, 1.165) is 30.3 Å². The van der Waals surface area contributed by atoms with Crippen molar-refractivity contribution in [2.75, 3.05) is 19.6 Å². The summed E-state index contributed by atoms with van der Waals surface area (Å²) in [6, 6.07) is 0.851. The molecule has 0 bridgehead atoms. The number of piperidine rings is 1. The summed E-state index contributed by atoms with van der Waals surface area (Å²) < 4.78 is 0. The molecule has 0 spiro atoms. The highest BCUT2D eigenvalue weighted by atomic mass is 15.2. The molecule has 1 aliphatic carbocycles. The number of nitrogens with two attached hydrogens (primary N) is 1. The van der Waals surface area contributed by atoms with Crippen molar-refractivity contribution in [2.45, 2.75) is 58.4 Å². The topological polar surface area (TPSA) is 29.3 Å². The molecule has 0 aromatic heterocycles. The van der Waals surface area contributed by atoms with Crippen molar-refractivity contribution in [1.82, 2.24) is 4.90 Å². The van der Waals surface area contributed by atoms with Crippen molar-refractivity contribution >= 4 is 0 Å². The number of rotatable bonds is 3. The van der Waals surface area contributed by atoms with E-state index < -0.39 is 0 Å². The lowest BCUT2D eigenvalue weighted by Gasteiger charge is -2.46. The van der Waals surface area contributed by atoms with Gasteiger partial charge in [-0.2, -0.15) is 0 Å². The predicted octanol–water partition coefficient (Wildman–Crippen LogP) is 2.87. The minimum atomic E-state index is 0.851. The third-order valence-electron chi connectivity index (χ3n) is 5.03. The molecule has 0 aromatic carbocycles. The SMILES string of the molecule is CC1CCCC(C)C1N1CCCC(CCN)C1. The van der Waals surface area contributed by atoms with E-state index in [9.17, 15) is 0 Å². The van der Waals surface area contributed by atoms with E-state index in [1.54, 1.807) is 0 Å². The molecular formula is C15H30N2. The van der Waals surface area contributed by atoms with Crippen LogP contribution in [0.15, 0.2) is 0 Å². The first-order valence-electron chi connectivity index (χ1n) is 7.66. The molecule has 2 heteroatoms. The van der Waals surface area contributed by atoms with Crippen LogP contribution in [-0.4, -0.2) is 30.6 Å². The van der Waals surface area contributed by atoms with E-state index in [2.05, 4.69) is 18.7 Å². The van der Waals surface area contributed by atoms with E-state index in [1.165, 1.54) is 51.6 Å². The summed E-state index contributed by atoms with van der Waals surface area (Å²) in [5.74, 6) is 2.67. The molecule has 100 valence electrons. The lowest BCUT2D eigenvalue weighted by molar-refractivity contribution is 0.0341. The van der Waals surface area contributed by atoms with Gasteiger partial charge in [0.05, 0.1) is 0 Å². The third kappa shape index (κ3) is 3.23. The monoisotopic (exact) mass is 238 g/mol. The summed E-state index contributed by atoms with van der Waals surface area (Å²) in [6.07, 6.45) is 8.34. The molecule has 2 N–H and O–H groups in total. The standard InChI is InChI=1S/C15H30N2/c1-12-5-3-6-13(2)15(12)17-10-4-7-14(11-17)8-9-16/h12-15H,3-11,16H2,1-2H3. The summed E-state index contributed by atoms with van der Waals surface area (Å²) in [4.78, 5) is 2.80. The van der Waals surface area contributed by atoms with Crippen molar-refractivity contribution in [3.8, 4) is 0 Å². The highest BCUT2D eigenvalue weighted by Crippen LogP contribution is 2.35. The van der Waals surface area contributed by atoms with Gasteiger partial charge in [0.25, 0.3) is 0 Å². The van der Waals surface area contributed by atoms with Crippen molar-refractivity contribution in [3.05, 3.63) is 0 Å². The maximum absolute atomic E-state index is 5.72. The number of hydrogen-bond acceptors (Lipinski definition) is 2. The van der Waals surface area contributed by atoms with Crippen molar-refractivity contribution in [1.29, 1.82) is 0 Å². The second kappa shape index (κ2) is 6.19. The van der Waals surface area contributed by atoms with Crippen LogP contribution in [0.3, 0.4) is 0 Å². The van der Waals surface area contributed by atoms with Crippen molar-refractivity contribution in [2.24, 2.45) is 23.5 Å². The quantitative estimate of drug-likeness (QED) is 0.819. The largest absolute Gasteiger partial charge is 0.330 e. The second-order valence-electron chi connectivity index (χ2n) is 6.46. The summed E-state index contributed by atoms with van der Waals surface area (Å²) >= 11 is 0. The minimum absolute atomic E-state index is 0.851. The molecular weight excluding hydrogens is 208 g/mol. The fourth-order valence-electron chi connectivity index (χ4n) is 4.22. The van der Waals surface area contributed by atoms with Crippen LogP contribution in [0.25, 0.3) is 0 Å². The number of nitrogens with zero attached hydrogens (tertiary/aromatic N) is 1. The van der Waals surface area contributed by atoms with E-state index in [-0.39, 0.29) is 0 Å².